The number of aromatic nitrogens is 2. The van der Waals surface area contributed by atoms with Crippen LogP contribution in [0.1, 0.15) is 22.3 Å². The maximum Gasteiger partial charge on any atom is 0.161 e. The Morgan fingerprint density at radius 1 is 0.375 bits per heavy atom. The van der Waals surface area contributed by atoms with Crippen molar-refractivity contribution in [1.82, 2.24) is 9.97 Å². The van der Waals surface area contributed by atoms with E-state index in [1.54, 1.807) is 0 Å². The minimum absolute atomic E-state index is 0.520. The molecule has 2 heterocycles. The van der Waals surface area contributed by atoms with Crippen molar-refractivity contribution in [2.75, 3.05) is 0 Å². The van der Waals surface area contributed by atoms with Gasteiger partial charge in [0.05, 0.1) is 16.8 Å². The monoisotopic (exact) mass is 730 g/mol. The van der Waals surface area contributed by atoms with Crippen molar-refractivity contribution >= 4 is 31.5 Å². The van der Waals surface area contributed by atoms with Crippen LogP contribution in [0.2, 0.25) is 0 Å². The van der Waals surface area contributed by atoms with E-state index in [-0.39, 0.29) is 0 Å². The van der Waals surface area contributed by atoms with E-state index in [0.29, 0.717) is 5.82 Å². The standard InChI is InChI=1S/C53H34N2S/c1-4-18-35(19-5-1)38-24-10-11-25-39(38)47-34-48(43-29-16-28-41-40-26-13-15-33-49(40)56-51(41)43)55-52(54-47)44-30-17-32-46-50(44)42-27-12-14-31-45(42)53(46,36-20-6-2-7-21-36)37-22-8-3-9-23-37/h1-34H. The zero-order valence-corrected chi connectivity index (χ0v) is 31.2. The second-order valence-corrected chi connectivity index (χ2v) is 15.5. The van der Waals surface area contributed by atoms with E-state index < -0.39 is 5.41 Å². The SMILES string of the molecule is c1ccc(-c2ccccc2-c2cc(-c3cccc4c3sc3ccccc34)nc(-c3cccc4c3-c3ccccc3C4(c3ccccc3)c3ccccc3)n2)cc1. The van der Waals surface area contributed by atoms with E-state index in [0.717, 1.165) is 39.2 Å². The fourth-order valence-corrected chi connectivity index (χ4v) is 10.3. The minimum atomic E-state index is -0.520. The minimum Gasteiger partial charge on any atom is -0.228 e. The molecule has 8 aromatic carbocycles. The van der Waals surface area contributed by atoms with Gasteiger partial charge in [0.15, 0.2) is 5.82 Å². The Bertz CT molecular complexity index is 3040. The number of benzene rings is 8. The summed E-state index contributed by atoms with van der Waals surface area (Å²) in [5.41, 5.74) is 14.1. The highest BCUT2D eigenvalue weighted by molar-refractivity contribution is 7.26. The molecule has 262 valence electrons. The molecule has 2 nitrogen and oxygen atoms in total. The van der Waals surface area contributed by atoms with Gasteiger partial charge in [-0.25, -0.2) is 9.97 Å². The van der Waals surface area contributed by atoms with Crippen molar-refractivity contribution in [1.29, 1.82) is 0 Å². The first-order valence-electron chi connectivity index (χ1n) is 19.1. The van der Waals surface area contributed by atoms with Crippen LogP contribution in [0.5, 0.6) is 0 Å². The molecule has 1 aliphatic rings. The summed E-state index contributed by atoms with van der Waals surface area (Å²) < 4.78 is 2.51. The molecule has 0 radical (unpaired) electrons. The summed E-state index contributed by atoms with van der Waals surface area (Å²) in [5, 5.41) is 2.52. The predicted octanol–water partition coefficient (Wildman–Crippen LogP) is 13.9. The first-order chi connectivity index (χ1) is 27.8. The van der Waals surface area contributed by atoms with E-state index in [4.69, 9.17) is 9.97 Å². The molecule has 11 rings (SSSR count). The Hall–Kier alpha value is -6.94. The van der Waals surface area contributed by atoms with Crippen LogP contribution in [-0.4, -0.2) is 9.97 Å². The van der Waals surface area contributed by atoms with Gasteiger partial charge < -0.3 is 0 Å². The maximum atomic E-state index is 5.56. The maximum absolute atomic E-state index is 5.56. The molecular weight excluding hydrogens is 697 g/mol. The molecular formula is C53H34N2S. The molecule has 10 aromatic rings. The third kappa shape index (κ3) is 4.95. The van der Waals surface area contributed by atoms with Gasteiger partial charge in [-0.05, 0) is 56.6 Å². The van der Waals surface area contributed by atoms with Crippen molar-refractivity contribution in [2.24, 2.45) is 0 Å². The summed E-state index contributed by atoms with van der Waals surface area (Å²) in [6, 6.07) is 74.3. The lowest BCUT2D eigenvalue weighted by molar-refractivity contribution is 0.768. The lowest BCUT2D eigenvalue weighted by Gasteiger charge is -2.33. The van der Waals surface area contributed by atoms with Gasteiger partial charge in [-0.3, -0.25) is 0 Å². The molecule has 0 aliphatic heterocycles. The smallest absolute Gasteiger partial charge is 0.161 e. The highest BCUT2D eigenvalue weighted by Crippen LogP contribution is 2.58. The second-order valence-electron chi connectivity index (χ2n) is 14.4. The Balaban J connectivity index is 1.22. The van der Waals surface area contributed by atoms with Gasteiger partial charge in [-0.1, -0.05) is 194 Å². The van der Waals surface area contributed by atoms with Gasteiger partial charge in [-0.15, -0.1) is 11.3 Å². The van der Waals surface area contributed by atoms with E-state index in [1.807, 2.05) is 11.3 Å². The molecule has 0 atom stereocenters. The van der Waals surface area contributed by atoms with Crippen LogP contribution in [0.25, 0.3) is 76.3 Å². The van der Waals surface area contributed by atoms with Gasteiger partial charge in [0.25, 0.3) is 0 Å². The molecule has 56 heavy (non-hydrogen) atoms. The Kier molecular flexibility index (Phi) is 7.61. The second kappa shape index (κ2) is 13.1. The fourth-order valence-electron chi connectivity index (χ4n) is 9.05. The molecule has 0 saturated heterocycles. The number of rotatable bonds is 6. The number of fused-ring (bicyclic) bond motifs is 6. The van der Waals surface area contributed by atoms with E-state index in [1.165, 1.54) is 53.6 Å². The van der Waals surface area contributed by atoms with Crippen molar-refractivity contribution < 1.29 is 0 Å². The lowest BCUT2D eigenvalue weighted by atomic mass is 9.67. The van der Waals surface area contributed by atoms with Crippen LogP contribution in [-0.2, 0) is 5.41 Å². The van der Waals surface area contributed by atoms with Crippen LogP contribution in [0.15, 0.2) is 206 Å². The summed E-state index contributed by atoms with van der Waals surface area (Å²) >= 11 is 1.83. The largest absolute Gasteiger partial charge is 0.228 e. The fraction of sp³-hybridized carbons (Fsp3) is 0.0189. The molecule has 0 unspecified atom stereocenters. The molecule has 0 fully saturated rings. The Labute approximate surface area is 330 Å². The van der Waals surface area contributed by atoms with Crippen LogP contribution in [0.3, 0.4) is 0 Å². The quantitative estimate of drug-likeness (QED) is 0.170. The van der Waals surface area contributed by atoms with E-state index >= 15 is 0 Å². The average Bonchev–Trinajstić information content (AvgIpc) is 3.81. The topological polar surface area (TPSA) is 25.8 Å². The zero-order chi connectivity index (χ0) is 37.1. The normalized spacial score (nSPS) is 12.8. The highest BCUT2D eigenvalue weighted by Gasteiger charge is 2.47. The summed E-state index contributed by atoms with van der Waals surface area (Å²) in [6.07, 6.45) is 0. The molecule has 3 heteroatoms. The summed E-state index contributed by atoms with van der Waals surface area (Å²) in [7, 11) is 0. The molecule has 0 amide bonds. The summed E-state index contributed by atoms with van der Waals surface area (Å²) in [6.45, 7) is 0. The third-order valence-corrected chi connectivity index (χ3v) is 12.6. The van der Waals surface area contributed by atoms with Gasteiger partial charge in [-0.2, -0.15) is 0 Å². The number of nitrogens with zero attached hydrogens (tertiary/aromatic N) is 2. The Morgan fingerprint density at radius 2 is 0.893 bits per heavy atom. The van der Waals surface area contributed by atoms with Crippen LogP contribution in [0, 0.1) is 0 Å². The predicted molar refractivity (Wildman–Crippen MR) is 234 cm³/mol. The molecule has 0 N–H and O–H groups in total. The molecule has 2 aromatic heterocycles. The lowest BCUT2D eigenvalue weighted by Crippen LogP contribution is -2.28. The zero-order valence-electron chi connectivity index (χ0n) is 30.4. The van der Waals surface area contributed by atoms with Crippen molar-refractivity contribution in [3.63, 3.8) is 0 Å². The number of thiophene rings is 1. The van der Waals surface area contributed by atoms with Crippen molar-refractivity contribution in [3.05, 3.63) is 229 Å². The Morgan fingerprint density at radius 3 is 1.64 bits per heavy atom. The highest BCUT2D eigenvalue weighted by atomic mass is 32.1. The molecule has 0 saturated carbocycles. The molecule has 0 bridgehead atoms. The van der Waals surface area contributed by atoms with E-state index in [9.17, 15) is 0 Å². The molecule has 1 aliphatic carbocycles. The van der Waals surface area contributed by atoms with Crippen molar-refractivity contribution in [2.45, 2.75) is 5.41 Å². The van der Waals surface area contributed by atoms with Gasteiger partial charge >= 0.3 is 0 Å². The van der Waals surface area contributed by atoms with Gasteiger partial charge in [0, 0.05) is 36.9 Å². The number of hydrogen-bond acceptors (Lipinski definition) is 3. The third-order valence-electron chi connectivity index (χ3n) is 11.4. The first-order valence-corrected chi connectivity index (χ1v) is 19.9. The first kappa shape index (κ1) is 32.5. The summed E-state index contributed by atoms with van der Waals surface area (Å²) in [4.78, 5) is 11.1. The number of hydrogen-bond donors (Lipinski definition) is 0. The van der Waals surface area contributed by atoms with Crippen molar-refractivity contribution in [3.8, 4) is 56.2 Å². The van der Waals surface area contributed by atoms with E-state index in [2.05, 4.69) is 206 Å². The van der Waals surface area contributed by atoms with Gasteiger partial charge in [0.1, 0.15) is 0 Å². The van der Waals surface area contributed by atoms with Gasteiger partial charge in [0.2, 0.25) is 0 Å². The summed E-state index contributed by atoms with van der Waals surface area (Å²) in [5.74, 6) is 0.710. The molecule has 0 spiro atoms. The van der Waals surface area contributed by atoms with Crippen LogP contribution >= 0.6 is 11.3 Å². The van der Waals surface area contributed by atoms with Crippen LogP contribution in [0.4, 0.5) is 0 Å². The van der Waals surface area contributed by atoms with Crippen LogP contribution < -0.4 is 0 Å². The average molecular weight is 731 g/mol.